The van der Waals surface area contributed by atoms with E-state index in [1.54, 1.807) is 39.8 Å². The summed E-state index contributed by atoms with van der Waals surface area (Å²) in [6, 6.07) is 3.53. The molecule has 1 aromatic heterocycles. The third-order valence-corrected chi connectivity index (χ3v) is 4.97. The van der Waals surface area contributed by atoms with Gasteiger partial charge in [0.05, 0.1) is 17.9 Å². The van der Waals surface area contributed by atoms with Gasteiger partial charge in [-0.3, -0.25) is 0 Å². The number of hydrogen-bond acceptors (Lipinski definition) is 5. The van der Waals surface area contributed by atoms with E-state index in [1.807, 2.05) is 0 Å². The Morgan fingerprint density at radius 3 is 2.38 bits per heavy atom. The summed E-state index contributed by atoms with van der Waals surface area (Å²) in [6.07, 6.45) is 0. The van der Waals surface area contributed by atoms with Gasteiger partial charge < -0.3 is 10.2 Å². The van der Waals surface area contributed by atoms with Gasteiger partial charge in [0.2, 0.25) is 15.9 Å². The van der Waals surface area contributed by atoms with E-state index in [-0.39, 0.29) is 17.1 Å². The molecule has 0 atom stereocenters. The van der Waals surface area contributed by atoms with Crippen molar-refractivity contribution in [3.05, 3.63) is 40.6 Å². The van der Waals surface area contributed by atoms with Gasteiger partial charge in [-0.25, -0.2) is 18.1 Å². The third-order valence-electron chi connectivity index (χ3n) is 3.37. The second-order valence-electron chi connectivity index (χ2n) is 5.02. The molecule has 0 fully saturated rings. The Balaban J connectivity index is 2.29. The first-order valence-electron chi connectivity index (χ1n) is 6.50. The number of nitrogens with zero attached hydrogens (tertiary/aromatic N) is 1. The van der Waals surface area contributed by atoms with E-state index in [0.717, 1.165) is 11.3 Å². The maximum absolute atomic E-state index is 12.4. The summed E-state index contributed by atoms with van der Waals surface area (Å²) in [7, 11) is -3.72. The number of nitrogens with one attached hydrogen (secondary N) is 1. The molecule has 3 N–H and O–H groups in total. The summed E-state index contributed by atoms with van der Waals surface area (Å²) in [5.74, 6) is 1.01. The van der Waals surface area contributed by atoms with Crippen LogP contribution in [0.25, 0.3) is 0 Å². The molecule has 0 bridgehead atoms. The van der Waals surface area contributed by atoms with Crippen LogP contribution in [0.1, 0.15) is 28.5 Å². The van der Waals surface area contributed by atoms with Crippen LogP contribution in [-0.2, 0) is 16.6 Å². The van der Waals surface area contributed by atoms with Gasteiger partial charge in [0.25, 0.3) is 0 Å². The molecule has 0 aliphatic rings. The molecule has 21 heavy (non-hydrogen) atoms. The standard InChI is InChI=1S/C14H19N3O3S/c1-8-5-6-9(2)14(13(8)15)21(18,19)16-7-12-17-10(3)11(4)20-12/h5-6,16H,7,15H2,1-4H3. The normalized spacial score (nSPS) is 11.8. The Hall–Kier alpha value is -1.86. The second-order valence-corrected chi connectivity index (χ2v) is 6.72. The molecular formula is C14H19N3O3S. The van der Waals surface area contributed by atoms with Crippen LogP contribution < -0.4 is 10.5 Å². The van der Waals surface area contributed by atoms with E-state index in [4.69, 9.17) is 10.2 Å². The maximum atomic E-state index is 12.4. The number of sulfonamides is 1. The van der Waals surface area contributed by atoms with Crippen LogP contribution in [0.2, 0.25) is 0 Å². The van der Waals surface area contributed by atoms with Gasteiger partial charge in [-0.1, -0.05) is 12.1 Å². The lowest BCUT2D eigenvalue weighted by Crippen LogP contribution is -2.25. The third kappa shape index (κ3) is 3.08. The molecule has 0 amide bonds. The fraction of sp³-hybridized carbons (Fsp3) is 0.357. The van der Waals surface area contributed by atoms with Crippen molar-refractivity contribution in [2.45, 2.75) is 39.1 Å². The highest BCUT2D eigenvalue weighted by Gasteiger charge is 2.22. The van der Waals surface area contributed by atoms with Crippen molar-refractivity contribution in [2.24, 2.45) is 0 Å². The zero-order chi connectivity index (χ0) is 15.8. The SMILES string of the molecule is Cc1ccc(C)c(S(=O)(=O)NCc2nc(C)c(C)o2)c1N. The van der Waals surface area contributed by atoms with E-state index in [2.05, 4.69) is 9.71 Å². The lowest BCUT2D eigenvalue weighted by molar-refractivity contribution is 0.463. The van der Waals surface area contributed by atoms with E-state index < -0.39 is 10.0 Å². The van der Waals surface area contributed by atoms with Crippen LogP contribution in [-0.4, -0.2) is 13.4 Å². The van der Waals surface area contributed by atoms with E-state index in [0.29, 0.717) is 17.2 Å². The van der Waals surface area contributed by atoms with Crippen molar-refractivity contribution < 1.29 is 12.8 Å². The van der Waals surface area contributed by atoms with E-state index in [1.165, 1.54) is 0 Å². The van der Waals surface area contributed by atoms with Crippen LogP contribution in [0, 0.1) is 27.7 Å². The Kier molecular flexibility index (Phi) is 4.06. The molecular weight excluding hydrogens is 290 g/mol. The predicted octanol–water partition coefficient (Wildman–Crippen LogP) is 1.97. The van der Waals surface area contributed by atoms with Crippen molar-refractivity contribution in [2.75, 3.05) is 5.73 Å². The van der Waals surface area contributed by atoms with E-state index >= 15 is 0 Å². The maximum Gasteiger partial charge on any atom is 0.243 e. The highest BCUT2D eigenvalue weighted by Crippen LogP contribution is 2.25. The minimum absolute atomic E-state index is 0.0101. The molecule has 7 heteroatoms. The topological polar surface area (TPSA) is 98.2 Å². The fourth-order valence-corrected chi connectivity index (χ4v) is 3.41. The summed E-state index contributed by atoms with van der Waals surface area (Å²) in [6.45, 7) is 7.06. The van der Waals surface area contributed by atoms with Crippen LogP contribution in [0.15, 0.2) is 21.4 Å². The average Bonchev–Trinajstić information content (AvgIpc) is 2.71. The van der Waals surface area contributed by atoms with Crippen LogP contribution >= 0.6 is 0 Å². The molecule has 1 aromatic carbocycles. The number of oxazole rings is 1. The van der Waals surface area contributed by atoms with Crippen LogP contribution in [0.5, 0.6) is 0 Å². The second kappa shape index (κ2) is 5.50. The van der Waals surface area contributed by atoms with E-state index in [9.17, 15) is 8.42 Å². The van der Waals surface area contributed by atoms with Gasteiger partial charge in [-0.2, -0.15) is 0 Å². The molecule has 6 nitrogen and oxygen atoms in total. The van der Waals surface area contributed by atoms with Gasteiger partial charge in [-0.05, 0) is 38.8 Å². The molecule has 114 valence electrons. The minimum atomic E-state index is -3.72. The number of aryl methyl sites for hydroxylation is 4. The summed E-state index contributed by atoms with van der Waals surface area (Å²) in [5.41, 5.74) is 8.25. The number of aromatic nitrogens is 1. The summed E-state index contributed by atoms with van der Waals surface area (Å²) in [4.78, 5) is 4.26. The largest absolute Gasteiger partial charge is 0.444 e. The first-order chi connectivity index (χ1) is 9.72. The van der Waals surface area contributed by atoms with Gasteiger partial charge in [0.1, 0.15) is 10.7 Å². The molecule has 0 radical (unpaired) electrons. The molecule has 2 aromatic rings. The first-order valence-corrected chi connectivity index (χ1v) is 7.99. The average molecular weight is 309 g/mol. The summed E-state index contributed by atoms with van der Waals surface area (Å²) < 4.78 is 32.7. The minimum Gasteiger partial charge on any atom is -0.444 e. The van der Waals surface area contributed by atoms with Crippen LogP contribution in [0.4, 0.5) is 5.69 Å². The fourth-order valence-electron chi connectivity index (χ4n) is 2.01. The molecule has 0 spiro atoms. The predicted molar refractivity (Wildman–Crippen MR) is 80.3 cm³/mol. The molecule has 0 saturated carbocycles. The highest BCUT2D eigenvalue weighted by atomic mass is 32.2. The number of benzene rings is 1. The lowest BCUT2D eigenvalue weighted by Gasteiger charge is -2.12. The number of nitrogen functional groups attached to an aromatic ring is 1. The quantitative estimate of drug-likeness (QED) is 0.841. The Morgan fingerprint density at radius 1 is 1.19 bits per heavy atom. The number of anilines is 1. The Morgan fingerprint density at radius 2 is 1.81 bits per heavy atom. The summed E-state index contributed by atoms with van der Waals surface area (Å²) >= 11 is 0. The Labute approximate surface area is 124 Å². The monoisotopic (exact) mass is 309 g/mol. The van der Waals surface area contributed by atoms with Crippen molar-refractivity contribution in [1.29, 1.82) is 0 Å². The highest BCUT2D eigenvalue weighted by molar-refractivity contribution is 7.89. The summed E-state index contributed by atoms with van der Waals surface area (Å²) in [5, 5.41) is 0. The van der Waals surface area contributed by atoms with Crippen molar-refractivity contribution in [1.82, 2.24) is 9.71 Å². The van der Waals surface area contributed by atoms with Crippen LogP contribution in [0.3, 0.4) is 0 Å². The Bertz CT molecular complexity index is 760. The molecule has 0 aliphatic carbocycles. The number of rotatable bonds is 4. The van der Waals surface area contributed by atoms with Crippen molar-refractivity contribution in [3.63, 3.8) is 0 Å². The number of nitrogens with two attached hydrogens (primary N) is 1. The molecule has 2 rings (SSSR count). The first kappa shape index (κ1) is 15.5. The lowest BCUT2D eigenvalue weighted by atomic mass is 10.1. The molecule has 0 aliphatic heterocycles. The molecule has 0 unspecified atom stereocenters. The molecule has 0 saturated heterocycles. The number of hydrogen-bond donors (Lipinski definition) is 2. The molecule has 1 heterocycles. The van der Waals surface area contributed by atoms with Gasteiger partial charge in [-0.15, -0.1) is 0 Å². The van der Waals surface area contributed by atoms with Crippen molar-refractivity contribution in [3.8, 4) is 0 Å². The zero-order valence-corrected chi connectivity index (χ0v) is 13.3. The van der Waals surface area contributed by atoms with Crippen molar-refractivity contribution >= 4 is 15.7 Å². The smallest absolute Gasteiger partial charge is 0.243 e. The van der Waals surface area contributed by atoms with Gasteiger partial charge in [0, 0.05) is 0 Å². The van der Waals surface area contributed by atoms with Gasteiger partial charge in [0.15, 0.2) is 0 Å². The van der Waals surface area contributed by atoms with Gasteiger partial charge >= 0.3 is 0 Å². The zero-order valence-electron chi connectivity index (χ0n) is 12.5.